The van der Waals surface area contributed by atoms with Crippen LogP contribution in [0, 0.1) is 0 Å². The zero-order chi connectivity index (χ0) is 23.0. The first kappa shape index (κ1) is 24.9. The third-order valence-electron chi connectivity index (χ3n) is 5.30. The molecule has 0 aliphatic heterocycles. The monoisotopic (exact) mass is 488 g/mol. The standard InChI is InChI=1S/C25H33BrN2O3/c1-6-18(4)27-25(30)19(5)28(15-20-10-9-11-21(26)14-20)24(29)16-31-23-13-8-7-12-22(23)17(2)3/h7-14,17-19H,6,15-16H2,1-5H3,(H,27,30)/t18-,19+/m1/s1. The van der Waals surface area contributed by atoms with Crippen LogP contribution in [0.4, 0.5) is 0 Å². The first-order valence-corrected chi connectivity index (χ1v) is 11.6. The van der Waals surface area contributed by atoms with Crippen molar-refractivity contribution in [1.29, 1.82) is 0 Å². The Balaban J connectivity index is 2.20. The van der Waals surface area contributed by atoms with Gasteiger partial charge in [-0.2, -0.15) is 0 Å². The Labute approximate surface area is 194 Å². The van der Waals surface area contributed by atoms with Gasteiger partial charge in [0.15, 0.2) is 6.61 Å². The highest BCUT2D eigenvalue weighted by molar-refractivity contribution is 9.10. The van der Waals surface area contributed by atoms with E-state index in [2.05, 4.69) is 35.1 Å². The zero-order valence-corrected chi connectivity index (χ0v) is 20.6. The molecular weight excluding hydrogens is 456 g/mol. The van der Waals surface area contributed by atoms with Gasteiger partial charge >= 0.3 is 0 Å². The normalized spacial score (nSPS) is 12.9. The average molecular weight is 489 g/mol. The van der Waals surface area contributed by atoms with E-state index in [1.165, 1.54) is 0 Å². The van der Waals surface area contributed by atoms with Crippen LogP contribution in [0.5, 0.6) is 5.75 Å². The average Bonchev–Trinajstić information content (AvgIpc) is 2.75. The first-order chi connectivity index (χ1) is 14.7. The van der Waals surface area contributed by atoms with Crippen molar-refractivity contribution >= 4 is 27.7 Å². The Morgan fingerprint density at radius 2 is 1.77 bits per heavy atom. The Morgan fingerprint density at radius 1 is 1.06 bits per heavy atom. The lowest BCUT2D eigenvalue weighted by Crippen LogP contribution is -2.50. The third kappa shape index (κ3) is 7.39. The number of amides is 2. The molecule has 2 aromatic rings. The summed E-state index contributed by atoms with van der Waals surface area (Å²) in [6.45, 7) is 10.1. The van der Waals surface area contributed by atoms with Gasteiger partial charge in [0.2, 0.25) is 5.91 Å². The van der Waals surface area contributed by atoms with Crippen molar-refractivity contribution in [3.8, 4) is 5.75 Å². The van der Waals surface area contributed by atoms with E-state index in [0.717, 1.165) is 22.0 Å². The molecule has 31 heavy (non-hydrogen) atoms. The second kappa shape index (κ2) is 11.9. The van der Waals surface area contributed by atoms with Crippen molar-refractivity contribution in [3.63, 3.8) is 0 Å². The quantitative estimate of drug-likeness (QED) is 0.494. The number of carbonyl (C=O) groups is 2. The molecule has 0 bridgehead atoms. The van der Waals surface area contributed by atoms with Crippen molar-refractivity contribution in [3.05, 3.63) is 64.1 Å². The molecule has 0 fully saturated rings. The van der Waals surface area contributed by atoms with E-state index in [-0.39, 0.29) is 30.4 Å². The lowest BCUT2D eigenvalue weighted by molar-refractivity contribution is -0.142. The molecule has 5 nitrogen and oxygen atoms in total. The SMILES string of the molecule is CC[C@@H](C)NC(=O)[C@H](C)N(Cc1cccc(Br)c1)C(=O)COc1ccccc1C(C)C. The molecule has 2 amide bonds. The van der Waals surface area contributed by atoms with Gasteiger partial charge in [0, 0.05) is 17.1 Å². The number of nitrogens with one attached hydrogen (secondary N) is 1. The molecule has 0 aliphatic rings. The van der Waals surface area contributed by atoms with Gasteiger partial charge in [-0.05, 0) is 55.5 Å². The molecule has 2 atom stereocenters. The summed E-state index contributed by atoms with van der Waals surface area (Å²) in [5.41, 5.74) is 1.99. The van der Waals surface area contributed by atoms with Gasteiger partial charge in [-0.15, -0.1) is 0 Å². The van der Waals surface area contributed by atoms with Gasteiger partial charge in [0.25, 0.3) is 5.91 Å². The fourth-order valence-corrected chi connectivity index (χ4v) is 3.64. The van der Waals surface area contributed by atoms with Crippen molar-refractivity contribution in [2.24, 2.45) is 0 Å². The summed E-state index contributed by atoms with van der Waals surface area (Å²) in [5.74, 6) is 0.583. The maximum absolute atomic E-state index is 13.2. The van der Waals surface area contributed by atoms with Crippen LogP contribution in [0.2, 0.25) is 0 Å². The van der Waals surface area contributed by atoms with E-state index in [4.69, 9.17) is 4.74 Å². The Bertz CT molecular complexity index is 885. The molecule has 2 aromatic carbocycles. The van der Waals surface area contributed by atoms with Gasteiger partial charge in [0.1, 0.15) is 11.8 Å². The summed E-state index contributed by atoms with van der Waals surface area (Å²) >= 11 is 3.47. The molecule has 0 unspecified atom stereocenters. The van der Waals surface area contributed by atoms with Gasteiger partial charge in [-0.25, -0.2) is 0 Å². The third-order valence-corrected chi connectivity index (χ3v) is 5.80. The maximum atomic E-state index is 13.2. The van der Waals surface area contributed by atoms with Crippen LogP contribution in [0.1, 0.15) is 58.1 Å². The second-order valence-corrected chi connectivity index (χ2v) is 9.04. The van der Waals surface area contributed by atoms with Gasteiger partial charge in [-0.3, -0.25) is 9.59 Å². The van der Waals surface area contributed by atoms with Crippen LogP contribution in [-0.2, 0) is 16.1 Å². The van der Waals surface area contributed by atoms with Crippen LogP contribution in [0.25, 0.3) is 0 Å². The van der Waals surface area contributed by atoms with Crippen LogP contribution in [-0.4, -0.2) is 35.4 Å². The van der Waals surface area contributed by atoms with Gasteiger partial charge in [0.05, 0.1) is 0 Å². The summed E-state index contributed by atoms with van der Waals surface area (Å²) in [6, 6.07) is 14.9. The van der Waals surface area contributed by atoms with E-state index in [1.54, 1.807) is 11.8 Å². The molecule has 0 radical (unpaired) electrons. The molecule has 0 saturated carbocycles. The van der Waals surface area contributed by atoms with Crippen LogP contribution >= 0.6 is 15.9 Å². The highest BCUT2D eigenvalue weighted by Gasteiger charge is 2.27. The predicted octanol–water partition coefficient (Wildman–Crippen LogP) is 5.28. The molecule has 0 saturated heterocycles. The van der Waals surface area contributed by atoms with E-state index in [9.17, 15) is 9.59 Å². The summed E-state index contributed by atoms with van der Waals surface area (Å²) in [4.78, 5) is 27.6. The van der Waals surface area contributed by atoms with E-state index in [1.807, 2.05) is 62.4 Å². The summed E-state index contributed by atoms with van der Waals surface area (Å²) < 4.78 is 6.83. The van der Waals surface area contributed by atoms with Crippen LogP contribution in [0.15, 0.2) is 53.0 Å². The molecule has 2 rings (SSSR count). The minimum atomic E-state index is -0.621. The van der Waals surface area contributed by atoms with E-state index in [0.29, 0.717) is 12.3 Å². The zero-order valence-electron chi connectivity index (χ0n) is 19.0. The number of benzene rings is 2. The fourth-order valence-electron chi connectivity index (χ4n) is 3.19. The molecule has 168 valence electrons. The molecule has 0 heterocycles. The van der Waals surface area contributed by atoms with Crippen molar-refractivity contribution in [1.82, 2.24) is 10.2 Å². The second-order valence-electron chi connectivity index (χ2n) is 8.13. The van der Waals surface area contributed by atoms with Crippen molar-refractivity contribution in [2.45, 2.75) is 65.6 Å². The van der Waals surface area contributed by atoms with Crippen LogP contribution in [0.3, 0.4) is 0 Å². The minimum Gasteiger partial charge on any atom is -0.483 e. The van der Waals surface area contributed by atoms with Crippen molar-refractivity contribution < 1.29 is 14.3 Å². The minimum absolute atomic E-state index is 0.0481. The molecule has 6 heteroatoms. The predicted molar refractivity (Wildman–Crippen MR) is 128 cm³/mol. The fraction of sp³-hybridized carbons (Fsp3) is 0.440. The molecule has 1 N–H and O–H groups in total. The Hall–Kier alpha value is -2.34. The van der Waals surface area contributed by atoms with E-state index < -0.39 is 6.04 Å². The molecule has 0 aliphatic carbocycles. The molecule has 0 aromatic heterocycles. The number of rotatable bonds is 10. The Kier molecular flexibility index (Phi) is 9.56. The largest absolute Gasteiger partial charge is 0.483 e. The Morgan fingerprint density at radius 3 is 2.42 bits per heavy atom. The highest BCUT2D eigenvalue weighted by atomic mass is 79.9. The number of nitrogens with zero attached hydrogens (tertiary/aromatic N) is 1. The van der Waals surface area contributed by atoms with Crippen molar-refractivity contribution in [2.75, 3.05) is 6.61 Å². The lowest BCUT2D eigenvalue weighted by atomic mass is 10.0. The van der Waals surface area contributed by atoms with Gasteiger partial charge in [-0.1, -0.05) is 67.0 Å². The topological polar surface area (TPSA) is 58.6 Å². The number of hydrogen-bond donors (Lipinski definition) is 1. The number of ether oxygens (including phenoxy) is 1. The summed E-state index contributed by atoms with van der Waals surface area (Å²) in [6.07, 6.45) is 0.827. The lowest BCUT2D eigenvalue weighted by Gasteiger charge is -2.30. The highest BCUT2D eigenvalue weighted by Crippen LogP contribution is 2.26. The number of hydrogen-bond acceptors (Lipinski definition) is 3. The van der Waals surface area contributed by atoms with E-state index >= 15 is 0 Å². The summed E-state index contributed by atoms with van der Waals surface area (Å²) in [5, 5.41) is 2.98. The van der Waals surface area contributed by atoms with Gasteiger partial charge < -0.3 is 15.0 Å². The number of halogens is 1. The summed E-state index contributed by atoms with van der Waals surface area (Å²) in [7, 11) is 0. The first-order valence-electron chi connectivity index (χ1n) is 10.8. The number of carbonyl (C=O) groups excluding carboxylic acids is 2. The molecule has 0 spiro atoms. The smallest absolute Gasteiger partial charge is 0.261 e. The molecular formula is C25H33BrN2O3. The van der Waals surface area contributed by atoms with Crippen LogP contribution < -0.4 is 10.1 Å². The number of para-hydroxylation sites is 1. The maximum Gasteiger partial charge on any atom is 0.261 e.